The number of thiophene rings is 1. The summed E-state index contributed by atoms with van der Waals surface area (Å²) in [5.41, 5.74) is 10.6. The van der Waals surface area contributed by atoms with Crippen LogP contribution in [0.3, 0.4) is 0 Å². The van der Waals surface area contributed by atoms with Crippen LogP contribution < -0.4 is 4.90 Å². The highest BCUT2D eigenvalue weighted by Gasteiger charge is 2.15. The molecule has 0 N–H and O–H groups in total. The maximum absolute atomic E-state index is 2.37. The number of hydrogen-bond acceptors (Lipinski definition) is 2. The highest BCUT2D eigenvalue weighted by Crippen LogP contribution is 2.41. The van der Waals surface area contributed by atoms with E-state index in [1.165, 1.54) is 64.3 Å². The van der Waals surface area contributed by atoms with Crippen LogP contribution in [-0.2, 0) is 0 Å². The predicted octanol–water partition coefficient (Wildman–Crippen LogP) is 13.7. The highest BCUT2D eigenvalue weighted by atomic mass is 32.1. The fourth-order valence-electron chi connectivity index (χ4n) is 6.84. The molecule has 0 bridgehead atoms. The molecular weight excluding hydrogens is 599 g/mol. The van der Waals surface area contributed by atoms with E-state index in [1.54, 1.807) is 0 Å². The third-order valence-corrected chi connectivity index (χ3v) is 10.4. The molecule has 1 nitrogen and oxygen atoms in total. The van der Waals surface area contributed by atoms with E-state index < -0.39 is 0 Å². The monoisotopic (exact) mass is 629 g/mol. The Morgan fingerprint density at radius 3 is 1.31 bits per heavy atom. The smallest absolute Gasteiger partial charge is 0.0462 e. The molecule has 0 amide bonds. The van der Waals surface area contributed by atoms with Crippen molar-refractivity contribution in [2.24, 2.45) is 0 Å². The second kappa shape index (κ2) is 12.0. The summed E-state index contributed by atoms with van der Waals surface area (Å²) in [5, 5.41) is 5.29. The normalized spacial score (nSPS) is 11.3. The predicted molar refractivity (Wildman–Crippen MR) is 208 cm³/mol. The molecule has 48 heavy (non-hydrogen) atoms. The molecule has 0 aliphatic carbocycles. The average molecular weight is 630 g/mol. The van der Waals surface area contributed by atoms with Gasteiger partial charge in [0.15, 0.2) is 0 Å². The van der Waals surface area contributed by atoms with Crippen LogP contribution in [-0.4, -0.2) is 0 Å². The quantitative estimate of drug-likeness (QED) is 0.177. The summed E-state index contributed by atoms with van der Waals surface area (Å²) in [6.45, 7) is 0. The number of fused-ring (bicyclic) bond motifs is 5. The van der Waals surface area contributed by atoms with E-state index >= 15 is 0 Å². The molecule has 8 aromatic carbocycles. The average Bonchev–Trinajstić information content (AvgIpc) is 3.55. The zero-order chi connectivity index (χ0) is 31.9. The number of rotatable bonds is 6. The summed E-state index contributed by atoms with van der Waals surface area (Å²) in [5.74, 6) is 0. The Hall–Kier alpha value is -5.96. The van der Waals surface area contributed by atoms with Crippen molar-refractivity contribution in [1.82, 2.24) is 0 Å². The summed E-state index contributed by atoms with van der Waals surface area (Å²) < 4.78 is 2.66. The van der Waals surface area contributed by atoms with E-state index in [0.29, 0.717) is 0 Å². The van der Waals surface area contributed by atoms with Crippen LogP contribution >= 0.6 is 11.3 Å². The largest absolute Gasteiger partial charge is 0.311 e. The number of anilines is 3. The second-order valence-electron chi connectivity index (χ2n) is 12.2. The van der Waals surface area contributed by atoms with Crippen molar-refractivity contribution in [3.63, 3.8) is 0 Å². The first kappa shape index (κ1) is 28.3. The summed E-state index contributed by atoms with van der Waals surface area (Å²) in [4.78, 5) is 2.34. The van der Waals surface area contributed by atoms with Crippen LogP contribution in [0.15, 0.2) is 188 Å². The van der Waals surface area contributed by atoms with Crippen LogP contribution in [0.4, 0.5) is 17.1 Å². The lowest BCUT2D eigenvalue weighted by Crippen LogP contribution is -2.09. The number of hydrogen-bond donors (Lipinski definition) is 0. The first-order valence-electron chi connectivity index (χ1n) is 16.3. The van der Waals surface area contributed by atoms with Gasteiger partial charge in [0.1, 0.15) is 0 Å². The number of benzene rings is 8. The lowest BCUT2D eigenvalue weighted by molar-refractivity contribution is 1.28. The topological polar surface area (TPSA) is 3.24 Å². The van der Waals surface area contributed by atoms with Crippen molar-refractivity contribution in [2.75, 3.05) is 4.90 Å². The molecule has 2 heteroatoms. The minimum Gasteiger partial charge on any atom is -0.311 e. The van der Waals surface area contributed by atoms with Crippen molar-refractivity contribution in [3.05, 3.63) is 188 Å². The zero-order valence-corrected chi connectivity index (χ0v) is 27.1. The first-order valence-corrected chi connectivity index (χ1v) is 17.2. The molecule has 0 aliphatic rings. The molecule has 9 rings (SSSR count). The Balaban J connectivity index is 1.11. The van der Waals surface area contributed by atoms with Crippen molar-refractivity contribution >= 4 is 59.3 Å². The van der Waals surface area contributed by atoms with E-state index in [9.17, 15) is 0 Å². The van der Waals surface area contributed by atoms with Crippen molar-refractivity contribution in [1.29, 1.82) is 0 Å². The van der Waals surface area contributed by atoms with Gasteiger partial charge >= 0.3 is 0 Å². The van der Waals surface area contributed by atoms with Gasteiger partial charge in [-0.3, -0.25) is 0 Å². The minimum absolute atomic E-state index is 1.12. The van der Waals surface area contributed by atoms with Gasteiger partial charge in [-0.1, -0.05) is 133 Å². The molecule has 0 saturated carbocycles. The first-order chi connectivity index (χ1) is 23.8. The molecule has 0 radical (unpaired) electrons. The third kappa shape index (κ3) is 5.13. The molecule has 1 heterocycles. The van der Waals surface area contributed by atoms with Crippen molar-refractivity contribution < 1.29 is 0 Å². The Labute approximate surface area is 284 Å². The maximum Gasteiger partial charge on any atom is 0.0462 e. The number of nitrogens with zero attached hydrogens (tertiary/aromatic N) is 1. The van der Waals surface area contributed by atoms with Crippen LogP contribution in [0.25, 0.3) is 64.3 Å². The molecule has 0 fully saturated rings. The van der Waals surface area contributed by atoms with Crippen LogP contribution in [0.2, 0.25) is 0 Å². The van der Waals surface area contributed by atoms with Crippen molar-refractivity contribution in [3.8, 4) is 33.4 Å². The van der Waals surface area contributed by atoms with Gasteiger partial charge in [0.25, 0.3) is 0 Å². The Bertz CT molecular complexity index is 2430. The van der Waals surface area contributed by atoms with Gasteiger partial charge in [-0.05, 0) is 98.8 Å². The Morgan fingerprint density at radius 2 is 0.750 bits per heavy atom. The minimum atomic E-state index is 1.12. The SMILES string of the molecule is c1ccc(-c2ccc(N(c3ccc(-c4ccccc4)cc3)c3ccc(-c4ccc5sc6ccc7ccccc7c6c5c4)cc3)cc2)cc1. The molecule has 0 atom stereocenters. The van der Waals surface area contributed by atoms with Gasteiger partial charge in [-0.25, -0.2) is 0 Å². The zero-order valence-electron chi connectivity index (χ0n) is 26.3. The van der Waals surface area contributed by atoms with Crippen LogP contribution in [0.1, 0.15) is 0 Å². The van der Waals surface area contributed by atoms with Crippen LogP contribution in [0.5, 0.6) is 0 Å². The summed E-state index contributed by atoms with van der Waals surface area (Å²) in [7, 11) is 0. The molecule has 0 saturated heterocycles. The molecular formula is C46H31NS. The maximum atomic E-state index is 2.37. The van der Waals surface area contributed by atoms with E-state index in [-0.39, 0.29) is 0 Å². The van der Waals surface area contributed by atoms with Gasteiger partial charge in [-0.2, -0.15) is 0 Å². The third-order valence-electron chi connectivity index (χ3n) is 9.28. The molecule has 0 unspecified atom stereocenters. The lowest BCUT2D eigenvalue weighted by atomic mass is 9.99. The van der Waals surface area contributed by atoms with E-state index in [2.05, 4.69) is 193 Å². The van der Waals surface area contributed by atoms with Gasteiger partial charge in [0.05, 0.1) is 0 Å². The fraction of sp³-hybridized carbons (Fsp3) is 0. The van der Waals surface area contributed by atoms with E-state index in [4.69, 9.17) is 0 Å². The second-order valence-corrected chi connectivity index (χ2v) is 13.3. The molecule has 226 valence electrons. The van der Waals surface area contributed by atoms with Gasteiger partial charge in [-0.15, -0.1) is 11.3 Å². The van der Waals surface area contributed by atoms with Crippen LogP contribution in [0, 0.1) is 0 Å². The molecule has 0 spiro atoms. The Kier molecular flexibility index (Phi) is 7.07. The van der Waals surface area contributed by atoms with E-state index in [1.807, 2.05) is 11.3 Å². The Morgan fingerprint density at radius 1 is 0.312 bits per heavy atom. The summed E-state index contributed by atoms with van der Waals surface area (Å²) in [6.07, 6.45) is 0. The summed E-state index contributed by atoms with van der Waals surface area (Å²) >= 11 is 1.87. The van der Waals surface area contributed by atoms with Gasteiger partial charge in [0.2, 0.25) is 0 Å². The highest BCUT2D eigenvalue weighted by molar-refractivity contribution is 7.26. The molecule has 1 aromatic heterocycles. The lowest BCUT2D eigenvalue weighted by Gasteiger charge is -2.26. The van der Waals surface area contributed by atoms with E-state index in [0.717, 1.165) is 17.1 Å². The standard InChI is InChI=1S/C46H31NS/c1-3-9-32(10-4-1)34-15-23-39(24-16-34)47(40-25-17-35(18-26-40)33-11-5-2-6-12-33)41-27-19-36(20-28-41)38-22-29-44-43(31-38)46-42-14-8-7-13-37(42)21-30-45(46)48-44/h1-31H. The molecule has 9 aromatic rings. The molecule has 0 aliphatic heterocycles. The van der Waals surface area contributed by atoms with Gasteiger partial charge in [0, 0.05) is 37.2 Å². The van der Waals surface area contributed by atoms with Crippen molar-refractivity contribution in [2.45, 2.75) is 0 Å². The fourth-order valence-corrected chi connectivity index (χ4v) is 7.95. The summed E-state index contributed by atoms with van der Waals surface area (Å²) in [6, 6.07) is 68.0. The van der Waals surface area contributed by atoms with Gasteiger partial charge < -0.3 is 4.90 Å².